The average molecular weight is 403 g/mol. The summed E-state index contributed by atoms with van der Waals surface area (Å²) in [5.41, 5.74) is 1.25. The summed E-state index contributed by atoms with van der Waals surface area (Å²) in [6, 6.07) is 11.5. The van der Waals surface area contributed by atoms with Crippen LogP contribution in [-0.2, 0) is 0 Å². The maximum Gasteiger partial charge on any atom is 0.278 e. The van der Waals surface area contributed by atoms with Gasteiger partial charge in [-0.05, 0) is 57.2 Å². The minimum absolute atomic E-state index is 0. The molecule has 0 bridgehead atoms. The van der Waals surface area contributed by atoms with Gasteiger partial charge in [-0.25, -0.2) is 4.68 Å². The third kappa shape index (κ3) is 4.62. The molecule has 1 aromatic heterocycles. The highest BCUT2D eigenvalue weighted by molar-refractivity contribution is 5.92. The van der Waals surface area contributed by atoms with Gasteiger partial charge in [0, 0.05) is 30.9 Å². The van der Waals surface area contributed by atoms with E-state index in [0.29, 0.717) is 24.8 Å². The first-order chi connectivity index (χ1) is 13.1. The van der Waals surface area contributed by atoms with Crippen molar-refractivity contribution in [2.45, 2.75) is 38.6 Å². The number of benzene rings is 1. The molecule has 0 unspecified atom stereocenters. The minimum Gasteiger partial charge on any atom is -0.337 e. The lowest BCUT2D eigenvalue weighted by Gasteiger charge is -2.32. The number of aryl methyl sites for hydroxylation is 1. The zero-order chi connectivity index (χ0) is 18.8. The molecule has 1 aromatic carbocycles. The lowest BCUT2D eigenvalue weighted by molar-refractivity contribution is 0.0695. The van der Waals surface area contributed by atoms with E-state index >= 15 is 0 Å². The van der Waals surface area contributed by atoms with Crippen molar-refractivity contribution >= 4 is 18.3 Å². The standard InChI is InChI=1S/C21H26N4O2.ClH/c1-15-13-19(26)20(23-25(15)18-5-3-2-4-6-18)21(27)24-11-9-17(10-12-24)22-14-16-7-8-16;/h2-6,13,16-17,22H,7-12,14H2,1H3;1H. The third-order valence-electron chi connectivity index (χ3n) is 5.49. The largest absolute Gasteiger partial charge is 0.337 e. The molecule has 0 radical (unpaired) electrons. The number of piperidine rings is 1. The van der Waals surface area contributed by atoms with Crippen molar-refractivity contribution in [3.8, 4) is 5.69 Å². The molecule has 2 fully saturated rings. The minimum atomic E-state index is -0.307. The molecule has 2 aliphatic rings. The van der Waals surface area contributed by atoms with Gasteiger partial charge in [0.25, 0.3) is 5.91 Å². The number of hydrogen-bond donors (Lipinski definition) is 1. The van der Waals surface area contributed by atoms with Crippen molar-refractivity contribution in [3.63, 3.8) is 0 Å². The highest BCUT2D eigenvalue weighted by atomic mass is 35.5. The van der Waals surface area contributed by atoms with Crippen LogP contribution >= 0.6 is 12.4 Å². The Morgan fingerprint density at radius 1 is 1.14 bits per heavy atom. The molecular weight excluding hydrogens is 376 g/mol. The number of aromatic nitrogens is 2. The highest BCUT2D eigenvalue weighted by Crippen LogP contribution is 2.28. The summed E-state index contributed by atoms with van der Waals surface area (Å²) in [5, 5.41) is 8.01. The molecule has 1 aliphatic carbocycles. The van der Waals surface area contributed by atoms with Gasteiger partial charge >= 0.3 is 0 Å². The molecule has 28 heavy (non-hydrogen) atoms. The van der Waals surface area contributed by atoms with Crippen LogP contribution in [0, 0.1) is 12.8 Å². The van der Waals surface area contributed by atoms with Gasteiger partial charge in [-0.1, -0.05) is 18.2 Å². The predicted octanol–water partition coefficient (Wildman–Crippen LogP) is 2.57. The van der Waals surface area contributed by atoms with Crippen molar-refractivity contribution in [1.29, 1.82) is 0 Å². The number of nitrogens with one attached hydrogen (secondary N) is 1. The van der Waals surface area contributed by atoms with Crippen LogP contribution in [0.4, 0.5) is 0 Å². The van der Waals surface area contributed by atoms with Crippen LogP contribution in [0.3, 0.4) is 0 Å². The zero-order valence-electron chi connectivity index (χ0n) is 16.1. The third-order valence-corrected chi connectivity index (χ3v) is 5.49. The van der Waals surface area contributed by atoms with E-state index in [1.807, 2.05) is 37.3 Å². The molecule has 4 rings (SSSR count). The number of hydrogen-bond acceptors (Lipinski definition) is 4. The van der Waals surface area contributed by atoms with Crippen molar-refractivity contribution in [1.82, 2.24) is 20.0 Å². The summed E-state index contributed by atoms with van der Waals surface area (Å²) in [5.74, 6) is 0.600. The predicted molar refractivity (Wildman–Crippen MR) is 111 cm³/mol. The maximum atomic E-state index is 12.9. The Hall–Kier alpha value is -2.18. The molecule has 150 valence electrons. The van der Waals surface area contributed by atoms with Crippen LogP contribution in [0.5, 0.6) is 0 Å². The number of halogens is 1. The summed E-state index contributed by atoms with van der Waals surface area (Å²) in [6.07, 6.45) is 4.54. The van der Waals surface area contributed by atoms with E-state index in [4.69, 9.17) is 0 Å². The lowest BCUT2D eigenvalue weighted by atomic mass is 10.0. The molecule has 2 heterocycles. The number of nitrogens with zero attached hydrogens (tertiary/aromatic N) is 3. The van der Waals surface area contributed by atoms with Crippen LogP contribution in [-0.4, -0.2) is 46.3 Å². The van der Waals surface area contributed by atoms with E-state index in [2.05, 4.69) is 10.4 Å². The Kier molecular flexibility index (Phi) is 6.52. The Bertz CT molecular complexity index is 872. The smallest absolute Gasteiger partial charge is 0.278 e. The summed E-state index contributed by atoms with van der Waals surface area (Å²) in [4.78, 5) is 27.1. The van der Waals surface area contributed by atoms with Gasteiger partial charge in [-0.15, -0.1) is 12.4 Å². The number of carbonyl (C=O) groups excluding carboxylic acids is 1. The summed E-state index contributed by atoms with van der Waals surface area (Å²) in [7, 11) is 0. The monoisotopic (exact) mass is 402 g/mol. The first-order valence-corrected chi connectivity index (χ1v) is 9.81. The number of rotatable bonds is 5. The lowest BCUT2D eigenvalue weighted by Crippen LogP contribution is -2.46. The molecule has 6 nitrogen and oxygen atoms in total. The van der Waals surface area contributed by atoms with Gasteiger partial charge in [0.05, 0.1) is 5.69 Å². The Balaban J connectivity index is 0.00000225. The molecule has 7 heteroatoms. The molecule has 1 saturated heterocycles. The van der Waals surface area contributed by atoms with E-state index in [-0.39, 0.29) is 29.4 Å². The molecule has 1 saturated carbocycles. The SMILES string of the molecule is Cc1cc(=O)c(C(=O)N2CCC(NCC3CC3)CC2)nn1-c1ccccc1.Cl. The Labute approximate surface area is 171 Å². The molecule has 0 atom stereocenters. The fourth-order valence-electron chi connectivity index (χ4n) is 3.62. The zero-order valence-corrected chi connectivity index (χ0v) is 17.0. The van der Waals surface area contributed by atoms with E-state index in [1.54, 1.807) is 9.58 Å². The second-order valence-corrected chi connectivity index (χ2v) is 7.66. The van der Waals surface area contributed by atoms with Crippen LogP contribution in [0.1, 0.15) is 41.9 Å². The fourth-order valence-corrected chi connectivity index (χ4v) is 3.62. The topological polar surface area (TPSA) is 67.2 Å². The molecule has 1 N–H and O–H groups in total. The normalized spacial score (nSPS) is 17.2. The van der Waals surface area contributed by atoms with Crippen molar-refractivity contribution in [2.75, 3.05) is 19.6 Å². The number of likely N-dealkylation sites (tertiary alicyclic amines) is 1. The Morgan fingerprint density at radius 3 is 2.46 bits per heavy atom. The van der Waals surface area contributed by atoms with Crippen molar-refractivity contribution in [3.05, 3.63) is 58.0 Å². The molecule has 2 aromatic rings. The second kappa shape index (κ2) is 8.88. The van der Waals surface area contributed by atoms with Crippen molar-refractivity contribution < 1.29 is 4.79 Å². The number of carbonyl (C=O) groups is 1. The van der Waals surface area contributed by atoms with Gasteiger partial charge < -0.3 is 10.2 Å². The fraction of sp³-hybridized carbons (Fsp3) is 0.476. The van der Waals surface area contributed by atoms with Gasteiger partial charge in [-0.2, -0.15) is 5.10 Å². The van der Waals surface area contributed by atoms with Gasteiger partial charge in [0.2, 0.25) is 5.43 Å². The van der Waals surface area contributed by atoms with Crippen LogP contribution in [0.2, 0.25) is 0 Å². The van der Waals surface area contributed by atoms with E-state index in [9.17, 15) is 9.59 Å². The average Bonchev–Trinajstić information content (AvgIpc) is 3.52. The van der Waals surface area contributed by atoms with Gasteiger partial charge in [0.15, 0.2) is 5.69 Å². The van der Waals surface area contributed by atoms with Gasteiger partial charge in [-0.3, -0.25) is 9.59 Å². The quantitative estimate of drug-likeness (QED) is 0.834. The van der Waals surface area contributed by atoms with Crippen LogP contribution in [0.15, 0.2) is 41.2 Å². The van der Waals surface area contributed by atoms with Crippen LogP contribution in [0.25, 0.3) is 5.69 Å². The highest BCUT2D eigenvalue weighted by Gasteiger charge is 2.28. The van der Waals surface area contributed by atoms with Crippen molar-refractivity contribution in [2.24, 2.45) is 5.92 Å². The number of amides is 1. The van der Waals surface area contributed by atoms with Gasteiger partial charge in [0.1, 0.15) is 0 Å². The molecule has 1 aliphatic heterocycles. The first-order valence-electron chi connectivity index (χ1n) is 9.81. The molecule has 0 spiro atoms. The first kappa shape index (κ1) is 20.6. The summed E-state index contributed by atoms with van der Waals surface area (Å²) >= 11 is 0. The molecule has 1 amide bonds. The Morgan fingerprint density at radius 2 is 1.82 bits per heavy atom. The van der Waals surface area contributed by atoms with E-state index in [0.717, 1.165) is 31.0 Å². The van der Waals surface area contributed by atoms with E-state index in [1.165, 1.54) is 18.9 Å². The summed E-state index contributed by atoms with van der Waals surface area (Å²) in [6.45, 7) is 4.26. The molecular formula is C21H27ClN4O2. The van der Waals surface area contributed by atoms with E-state index < -0.39 is 0 Å². The number of para-hydroxylation sites is 1. The summed E-state index contributed by atoms with van der Waals surface area (Å²) < 4.78 is 1.67. The maximum absolute atomic E-state index is 12.9. The van der Waals surface area contributed by atoms with Crippen LogP contribution < -0.4 is 10.7 Å². The second-order valence-electron chi connectivity index (χ2n) is 7.66.